The van der Waals surface area contributed by atoms with Crippen LogP contribution in [0, 0.1) is 17.2 Å². The zero-order chi connectivity index (χ0) is 12.3. The van der Waals surface area contributed by atoms with Crippen LogP contribution < -0.4 is 0 Å². The number of rotatable bonds is 2. The smallest absolute Gasteiger partial charge is 0.0656 e. The van der Waals surface area contributed by atoms with Crippen molar-refractivity contribution in [3.8, 4) is 6.07 Å². The third-order valence-electron chi connectivity index (χ3n) is 3.18. The molecule has 0 aliphatic carbocycles. The quantitative estimate of drug-likeness (QED) is 0.829. The van der Waals surface area contributed by atoms with Gasteiger partial charge in [-0.1, -0.05) is 33.6 Å². The summed E-state index contributed by atoms with van der Waals surface area (Å²) in [6.45, 7) is 2.86. The van der Waals surface area contributed by atoms with Gasteiger partial charge >= 0.3 is 0 Å². The van der Waals surface area contributed by atoms with E-state index in [0.717, 1.165) is 47.5 Å². The van der Waals surface area contributed by atoms with Crippen LogP contribution in [0.4, 0.5) is 0 Å². The number of hydrogen-bond donors (Lipinski definition) is 0. The van der Waals surface area contributed by atoms with Gasteiger partial charge in [0, 0.05) is 22.0 Å². The van der Waals surface area contributed by atoms with E-state index in [9.17, 15) is 0 Å². The molecular weight excluding hydrogens is 300 g/mol. The fraction of sp³-hybridized carbons (Fsp3) is 0.462. The standard InChI is InChI=1S/C13H14BrClN2/c14-12-2-1-11(13(15)7-12)9-17-5-3-10(8-16)4-6-17/h1-2,7,10H,3-6,9H2. The number of benzene rings is 1. The third-order valence-corrected chi connectivity index (χ3v) is 4.02. The second kappa shape index (κ2) is 5.86. The van der Waals surface area contributed by atoms with E-state index in [1.807, 2.05) is 12.1 Å². The van der Waals surface area contributed by atoms with Crippen molar-refractivity contribution in [3.63, 3.8) is 0 Å². The Morgan fingerprint density at radius 2 is 2.12 bits per heavy atom. The van der Waals surface area contributed by atoms with E-state index in [4.69, 9.17) is 16.9 Å². The fourth-order valence-electron chi connectivity index (χ4n) is 2.11. The number of hydrogen-bond acceptors (Lipinski definition) is 2. The zero-order valence-electron chi connectivity index (χ0n) is 9.50. The van der Waals surface area contributed by atoms with Crippen LogP contribution in [0.1, 0.15) is 18.4 Å². The van der Waals surface area contributed by atoms with Gasteiger partial charge < -0.3 is 0 Å². The highest BCUT2D eigenvalue weighted by Gasteiger charge is 2.19. The summed E-state index contributed by atoms with van der Waals surface area (Å²) in [5, 5.41) is 9.65. The molecule has 4 heteroatoms. The first-order valence-electron chi connectivity index (χ1n) is 5.75. The Hall–Kier alpha value is -0.560. The van der Waals surface area contributed by atoms with Crippen molar-refractivity contribution in [1.82, 2.24) is 4.90 Å². The molecule has 1 fully saturated rings. The molecule has 0 N–H and O–H groups in total. The lowest BCUT2D eigenvalue weighted by Crippen LogP contribution is -2.32. The predicted octanol–water partition coefficient (Wildman–Crippen LogP) is 3.84. The van der Waals surface area contributed by atoms with Crippen LogP contribution in [0.15, 0.2) is 22.7 Å². The minimum atomic E-state index is 0.242. The summed E-state index contributed by atoms with van der Waals surface area (Å²) in [5.41, 5.74) is 1.16. The minimum absolute atomic E-state index is 0.242. The van der Waals surface area contributed by atoms with Gasteiger partial charge in [-0.25, -0.2) is 0 Å². The van der Waals surface area contributed by atoms with Crippen LogP contribution in [-0.2, 0) is 6.54 Å². The molecule has 0 unspecified atom stereocenters. The van der Waals surface area contributed by atoms with E-state index in [1.54, 1.807) is 0 Å². The molecule has 0 atom stereocenters. The molecule has 1 saturated heterocycles. The maximum Gasteiger partial charge on any atom is 0.0656 e. The van der Waals surface area contributed by atoms with E-state index in [1.165, 1.54) is 0 Å². The highest BCUT2D eigenvalue weighted by Crippen LogP contribution is 2.24. The Kier molecular flexibility index (Phi) is 4.44. The zero-order valence-corrected chi connectivity index (χ0v) is 11.8. The van der Waals surface area contributed by atoms with Crippen LogP contribution in [0.5, 0.6) is 0 Å². The molecule has 0 spiro atoms. The number of nitriles is 1. The molecule has 90 valence electrons. The van der Waals surface area contributed by atoms with Gasteiger partial charge in [0.2, 0.25) is 0 Å². The van der Waals surface area contributed by atoms with Crippen molar-refractivity contribution < 1.29 is 0 Å². The van der Waals surface area contributed by atoms with E-state index in [0.29, 0.717) is 0 Å². The Balaban J connectivity index is 1.96. The highest BCUT2D eigenvalue weighted by atomic mass is 79.9. The SMILES string of the molecule is N#CC1CCN(Cc2ccc(Br)cc2Cl)CC1. The van der Waals surface area contributed by atoms with E-state index in [2.05, 4.69) is 33.0 Å². The van der Waals surface area contributed by atoms with Crippen LogP contribution in [0.25, 0.3) is 0 Å². The lowest BCUT2D eigenvalue weighted by Gasteiger charge is -2.29. The first kappa shape index (κ1) is 12.9. The number of nitrogens with zero attached hydrogens (tertiary/aromatic N) is 2. The summed E-state index contributed by atoms with van der Waals surface area (Å²) in [6.07, 6.45) is 1.95. The maximum absolute atomic E-state index is 8.85. The lowest BCUT2D eigenvalue weighted by molar-refractivity contribution is 0.198. The molecule has 0 amide bonds. The molecule has 1 heterocycles. The van der Waals surface area contributed by atoms with Crippen molar-refractivity contribution in [1.29, 1.82) is 5.26 Å². The minimum Gasteiger partial charge on any atom is -0.299 e. The second-order valence-corrected chi connectivity index (χ2v) is 5.74. The molecule has 17 heavy (non-hydrogen) atoms. The monoisotopic (exact) mass is 312 g/mol. The number of piperidine rings is 1. The molecule has 0 radical (unpaired) electrons. The summed E-state index contributed by atoms with van der Waals surface area (Å²) in [7, 11) is 0. The van der Waals surface area contributed by atoms with E-state index < -0.39 is 0 Å². The molecule has 0 saturated carbocycles. The van der Waals surface area contributed by atoms with Crippen molar-refractivity contribution in [2.75, 3.05) is 13.1 Å². The van der Waals surface area contributed by atoms with Crippen LogP contribution >= 0.6 is 27.5 Å². The van der Waals surface area contributed by atoms with Crippen LogP contribution in [0.3, 0.4) is 0 Å². The van der Waals surface area contributed by atoms with Crippen molar-refractivity contribution in [2.45, 2.75) is 19.4 Å². The Bertz CT molecular complexity index is 434. The van der Waals surface area contributed by atoms with E-state index >= 15 is 0 Å². The molecule has 1 aliphatic rings. The average Bonchev–Trinajstić information content (AvgIpc) is 2.34. The predicted molar refractivity (Wildman–Crippen MR) is 72.8 cm³/mol. The molecular formula is C13H14BrClN2. The number of halogens is 2. The molecule has 2 nitrogen and oxygen atoms in total. The largest absolute Gasteiger partial charge is 0.299 e. The molecule has 0 aromatic heterocycles. The third kappa shape index (κ3) is 3.45. The Morgan fingerprint density at radius 1 is 1.41 bits per heavy atom. The summed E-state index contributed by atoms with van der Waals surface area (Å²) in [4.78, 5) is 2.36. The number of likely N-dealkylation sites (tertiary alicyclic amines) is 1. The first-order valence-corrected chi connectivity index (χ1v) is 6.92. The van der Waals surface area contributed by atoms with Gasteiger partial charge in [0.1, 0.15) is 0 Å². The molecule has 1 aromatic rings. The second-order valence-electron chi connectivity index (χ2n) is 4.42. The van der Waals surface area contributed by atoms with Crippen molar-refractivity contribution >= 4 is 27.5 Å². The molecule has 1 aliphatic heterocycles. The van der Waals surface area contributed by atoms with Crippen molar-refractivity contribution in [3.05, 3.63) is 33.3 Å². The van der Waals surface area contributed by atoms with Gasteiger partial charge in [-0.3, -0.25) is 4.90 Å². The fourth-order valence-corrected chi connectivity index (χ4v) is 2.84. The molecule has 2 rings (SSSR count). The van der Waals surface area contributed by atoms with Gasteiger partial charge in [-0.2, -0.15) is 5.26 Å². The van der Waals surface area contributed by atoms with Crippen LogP contribution in [0.2, 0.25) is 5.02 Å². The summed E-state index contributed by atoms with van der Waals surface area (Å²) in [5.74, 6) is 0.242. The first-order chi connectivity index (χ1) is 8.19. The highest BCUT2D eigenvalue weighted by molar-refractivity contribution is 9.10. The Morgan fingerprint density at radius 3 is 2.71 bits per heavy atom. The van der Waals surface area contributed by atoms with Gasteiger partial charge in [0.05, 0.1) is 6.07 Å². The topological polar surface area (TPSA) is 27.0 Å². The van der Waals surface area contributed by atoms with Gasteiger partial charge in [-0.05, 0) is 43.6 Å². The van der Waals surface area contributed by atoms with Crippen molar-refractivity contribution in [2.24, 2.45) is 5.92 Å². The summed E-state index contributed by atoms with van der Waals surface area (Å²) >= 11 is 9.60. The summed E-state index contributed by atoms with van der Waals surface area (Å²) in [6, 6.07) is 8.35. The maximum atomic E-state index is 8.85. The summed E-state index contributed by atoms with van der Waals surface area (Å²) < 4.78 is 1.01. The molecule has 1 aromatic carbocycles. The Labute approximate surface area is 115 Å². The lowest BCUT2D eigenvalue weighted by atomic mass is 9.98. The van der Waals surface area contributed by atoms with E-state index in [-0.39, 0.29) is 5.92 Å². The van der Waals surface area contributed by atoms with Gasteiger partial charge in [0.25, 0.3) is 0 Å². The molecule has 0 bridgehead atoms. The van der Waals surface area contributed by atoms with Gasteiger partial charge in [-0.15, -0.1) is 0 Å². The van der Waals surface area contributed by atoms with Gasteiger partial charge in [0.15, 0.2) is 0 Å². The normalized spacial score (nSPS) is 17.9. The average molecular weight is 314 g/mol. The van der Waals surface area contributed by atoms with Crippen LogP contribution in [-0.4, -0.2) is 18.0 Å².